The molecule has 0 spiro atoms. The van der Waals surface area contributed by atoms with Gasteiger partial charge in [-0.15, -0.1) is 0 Å². The molecule has 0 aliphatic carbocycles. The number of benzene rings is 6. The molecule has 12 heterocycles. The largest absolute Gasteiger partial charge is 1.00 e. The van der Waals surface area contributed by atoms with E-state index < -0.39 is 17.9 Å². The Morgan fingerprint density at radius 2 is 0.697 bits per heavy atom. The summed E-state index contributed by atoms with van der Waals surface area (Å²) in [6, 6.07) is 49.2. The molecule has 38 nitrogen and oxygen atoms in total. The molecule has 0 saturated carbocycles. The van der Waals surface area contributed by atoms with Crippen molar-refractivity contribution in [3.05, 3.63) is 339 Å². The van der Waals surface area contributed by atoms with Gasteiger partial charge in [0.1, 0.15) is 0 Å². The molecule has 18 rings (SSSR count). The van der Waals surface area contributed by atoms with E-state index in [1.54, 1.807) is 50.2 Å². The van der Waals surface area contributed by atoms with E-state index in [1.807, 2.05) is 125 Å². The number of amides is 1. The van der Waals surface area contributed by atoms with Crippen LogP contribution < -0.4 is 29.5 Å². The monoisotopic (exact) mass is 2100 g/mol. The van der Waals surface area contributed by atoms with Crippen LogP contribution in [0.3, 0.4) is 0 Å². The first kappa shape index (κ1) is 110. The number of fused-ring (bicyclic) bond motifs is 4. The first-order valence-electron chi connectivity index (χ1n) is 46.9. The molecule has 4 fully saturated rings. The van der Waals surface area contributed by atoms with Gasteiger partial charge in [0.25, 0.3) is 5.91 Å². The average Bonchev–Trinajstić information content (AvgIpc) is 1.63. The summed E-state index contributed by atoms with van der Waals surface area (Å²) in [7, 11) is 0. The maximum atomic E-state index is 13.2. The molecular weight excluding hydrogens is 1990 g/mol. The molecule has 0 radical (unpaired) electrons. The van der Waals surface area contributed by atoms with Crippen LogP contribution in [0.2, 0.25) is 20.1 Å². The number of carboxylic acid groups (broad SMARTS) is 1. The summed E-state index contributed by atoms with van der Waals surface area (Å²) in [5.74, 6) is -2.48. The molecule has 4 saturated heterocycles. The predicted octanol–water partition coefficient (Wildman–Crippen LogP) is 20.2. The summed E-state index contributed by atoms with van der Waals surface area (Å²) in [6.07, 6.45) is 13.4. The van der Waals surface area contributed by atoms with Gasteiger partial charge in [-0.25, -0.2) is 53.0 Å². The van der Waals surface area contributed by atoms with E-state index in [0.29, 0.717) is 115 Å². The molecule has 4 aliphatic heterocycles. The van der Waals surface area contributed by atoms with Crippen LogP contribution in [-0.2, 0) is 60.6 Å². The van der Waals surface area contributed by atoms with Gasteiger partial charge in [0.2, 0.25) is 0 Å². The fourth-order valence-corrected chi connectivity index (χ4v) is 19.6. The van der Waals surface area contributed by atoms with E-state index in [-0.39, 0.29) is 82.5 Å². The second kappa shape index (κ2) is 53.5. The Morgan fingerprint density at radius 3 is 1.01 bits per heavy atom. The van der Waals surface area contributed by atoms with Crippen molar-refractivity contribution in [2.75, 3.05) is 70.9 Å². The number of ketones is 1. The first-order valence-corrected chi connectivity index (χ1v) is 49.5. The molecule has 8 aromatic heterocycles. The number of pyridine rings is 4. The summed E-state index contributed by atoms with van der Waals surface area (Å²) in [6.45, 7) is 23.2. The molecule has 44 heteroatoms. The third-order valence-corrected chi connectivity index (χ3v) is 27.5. The van der Waals surface area contributed by atoms with Crippen LogP contribution in [0.5, 0.6) is 0 Å². The maximum Gasteiger partial charge on any atom is 1.00 e. The second-order valence-corrected chi connectivity index (χ2v) is 36.9. The topological polar surface area (TPSA) is 506 Å². The van der Waals surface area contributed by atoms with Crippen molar-refractivity contribution in [2.45, 2.75) is 168 Å². The number of azide groups is 4. The molecule has 4 N–H and O–H groups in total. The number of piperidine rings is 4. The van der Waals surface area contributed by atoms with Gasteiger partial charge in [-0.1, -0.05) is 210 Å². The van der Waals surface area contributed by atoms with Gasteiger partial charge >= 0.3 is 36.8 Å². The zero-order valence-electron chi connectivity index (χ0n) is 81.2. The van der Waals surface area contributed by atoms with Crippen molar-refractivity contribution in [1.82, 2.24) is 79.1 Å². The van der Waals surface area contributed by atoms with Gasteiger partial charge in [0, 0.05) is 125 Å². The summed E-state index contributed by atoms with van der Waals surface area (Å²) in [4.78, 5) is 97.8. The number of nitrogens with zero attached hydrogens (tertiary/aromatic N) is 27. The van der Waals surface area contributed by atoms with Crippen molar-refractivity contribution in [3.8, 4) is 0 Å². The Bertz CT molecular complexity index is 7090. The number of alkyl halides is 1. The Kier molecular flexibility index (Phi) is 40.7. The number of hydrogen-bond acceptors (Lipinski definition) is 24. The van der Waals surface area contributed by atoms with Crippen LogP contribution in [0.4, 0.5) is 5.69 Å². The number of carboxylic acids is 1. The Labute approximate surface area is 876 Å². The summed E-state index contributed by atoms with van der Waals surface area (Å²) in [5, 5.41) is 53.4. The minimum Gasteiger partial charge on any atom is -0.870 e. The Balaban J connectivity index is 0.000000169. The van der Waals surface area contributed by atoms with E-state index in [0.717, 1.165) is 179 Å². The third kappa shape index (κ3) is 27.8. The van der Waals surface area contributed by atoms with Crippen molar-refractivity contribution in [1.29, 1.82) is 0 Å². The van der Waals surface area contributed by atoms with E-state index in [1.165, 1.54) is 47.0 Å². The number of aromatic nitrogens is 12. The van der Waals surface area contributed by atoms with Gasteiger partial charge in [0.15, 0.2) is 28.4 Å². The van der Waals surface area contributed by atoms with E-state index in [4.69, 9.17) is 88.2 Å². The van der Waals surface area contributed by atoms with Gasteiger partial charge in [-0.2, -0.15) is 20.4 Å². The van der Waals surface area contributed by atoms with Crippen molar-refractivity contribution in [3.63, 3.8) is 0 Å². The molecule has 145 heavy (non-hydrogen) atoms. The summed E-state index contributed by atoms with van der Waals surface area (Å²) < 4.78 is 17.9. The van der Waals surface area contributed by atoms with Crippen molar-refractivity contribution < 1.29 is 62.9 Å². The quantitative estimate of drug-likeness (QED) is 0.00779. The van der Waals surface area contributed by atoms with Crippen molar-refractivity contribution >= 4 is 142 Å². The molecule has 6 aromatic carbocycles. The summed E-state index contributed by atoms with van der Waals surface area (Å²) in [5.41, 5.74) is 50.6. The Morgan fingerprint density at radius 1 is 0.414 bits per heavy atom. The maximum absolute atomic E-state index is 13.2. The number of ether oxygens (including phenoxy) is 2. The molecule has 0 unspecified atom stereocenters. The Hall–Kier alpha value is -13.4. The standard InChI is InChI=1S/C34H31ClN8O2.C23H26ClN7O2.C21H22ClN7O2.C15H19ClN4O2.C8H8BrN3.Li.H2O/c1-22-30-31(35)29(34(45)39-27-13-11-26(12-14-27)32(44)25-5-3-2-4-6-25)20-37-33(30)43(40-22)28-15-17-42(18-16-28)21-24-9-7-23(8-10-24)19-38-41-36;1-3-33-23(32)19-13-26-22-20(21(19)24)15(2)28-31(22)18-8-10-30(11-9-18)14-17-6-4-16(5-7-17)12-27-29-25;1-13-18-19(22)17(21(30)31)11-24-20(18)29(26-13)16-6-8-28(9-7-16)12-15-4-2-14(3-5-15)10-25-27-23;1-3-22-15(21)11-8-18-14-12(13(11)16)9(2)19-20(14)10-4-6-17-7-5-10;9-5-7-1-3-8(4-2-7)6-11-12-10;;/h2-14,20,28H,15-19,21H2,1H3,(H,39,45);4-7,13,18H,3,8-12,14H2,1-2H3;2-5,11,16H,6-10,12H2,1H3,(H,30,31);8,10,17H,3-7H2,1-2H3;1-4H,5-6H2;;1H2/q;;;;;+1;/p-1. The third-order valence-electron chi connectivity index (χ3n) is 25.3. The fraction of sp³-hybridized carbons (Fsp3) is 0.356. The number of aryl methyl sites for hydroxylation is 4. The zero-order valence-corrected chi connectivity index (χ0v) is 85.8. The van der Waals surface area contributed by atoms with Gasteiger partial charge in [-0.3, -0.25) is 24.3 Å². The van der Waals surface area contributed by atoms with E-state index in [9.17, 15) is 29.1 Å². The SMILES string of the molecule is CCOC(=O)c1cnc2c(c(C)nn2C2CCN(Cc3ccc(CN=[N+]=[N-])cc3)CC2)c1Cl.CCOC(=O)c1cnc2c(c(C)nn2C2CCNCC2)c1Cl.Cc1nn(C2CCN(Cc3ccc(CN=[N+]=[N-])cc3)CC2)c2ncc(C(=O)Nc3ccc(C(=O)c4ccccc4)cc3)c(Cl)c12.Cc1nn(C2CCN(Cc3ccc(CN=[N+]=[N-])cc3)CC2)c2ncc(C(=O)O)c(Cl)c12.[Li+].[N-]=[N+]=NCc1ccc(CBr)cc1.[OH-]. The van der Waals surface area contributed by atoms with Crippen LogP contribution in [0.1, 0.15) is 214 Å². The minimum absolute atomic E-state index is 0. The van der Waals surface area contributed by atoms with Gasteiger partial charge < -0.3 is 30.7 Å². The number of carbonyl (C=O) groups excluding carboxylic acids is 4. The minimum atomic E-state index is -1.09. The van der Waals surface area contributed by atoms with Gasteiger partial charge in [-0.05, 0) is 197 Å². The number of hydrogen-bond donors (Lipinski definition) is 3. The number of rotatable bonds is 28. The average molecular weight is 2100 g/mol. The number of likely N-dealkylation sites (tertiary alicyclic amines) is 3. The number of halogens is 5. The van der Waals surface area contributed by atoms with E-state index >= 15 is 0 Å². The van der Waals surface area contributed by atoms with Crippen molar-refractivity contribution in [2.24, 2.45) is 20.5 Å². The first-order chi connectivity index (χ1) is 69.4. The van der Waals surface area contributed by atoms with Crippen LogP contribution in [0.25, 0.3) is 85.9 Å². The molecular formula is C101H107BrCl4LiN29O9. The molecule has 1 amide bonds. The van der Waals surface area contributed by atoms with Crippen LogP contribution >= 0.6 is 62.3 Å². The van der Waals surface area contributed by atoms with Crippen LogP contribution in [0, 0.1) is 27.7 Å². The number of nitrogens with one attached hydrogen (secondary N) is 2. The second-order valence-electron chi connectivity index (χ2n) is 34.8. The molecule has 746 valence electrons. The molecule has 4 aliphatic rings. The molecule has 0 bridgehead atoms. The number of esters is 2. The predicted molar refractivity (Wildman–Crippen MR) is 556 cm³/mol. The smallest absolute Gasteiger partial charge is 0.870 e. The van der Waals surface area contributed by atoms with E-state index in [2.05, 4.69) is 148 Å². The normalized spacial score (nSPS) is 14.1. The fourth-order valence-electron chi connectivity index (χ4n) is 17.8. The van der Waals surface area contributed by atoms with Gasteiger partial charge in [0.05, 0.1) is 150 Å². The van der Waals surface area contributed by atoms with Crippen LogP contribution in [0.15, 0.2) is 197 Å². The number of anilines is 1. The molecule has 14 aromatic rings. The summed E-state index contributed by atoms with van der Waals surface area (Å²) >= 11 is 29.5. The van der Waals surface area contributed by atoms with Crippen LogP contribution in [-0.4, -0.2) is 180 Å². The molecule has 0 atom stereocenters. The zero-order chi connectivity index (χ0) is 101. The number of carbonyl (C=O) groups is 5. The number of aromatic carboxylic acids is 1.